The molecule has 92 valence electrons. The van der Waals surface area contributed by atoms with E-state index in [9.17, 15) is 8.42 Å². The molecule has 0 saturated carbocycles. The Balaban J connectivity index is 2.18. The Kier molecular flexibility index (Phi) is 2.99. The van der Waals surface area contributed by atoms with Gasteiger partial charge in [0.15, 0.2) is 0 Å². The summed E-state index contributed by atoms with van der Waals surface area (Å²) < 4.78 is 30.1. The topological polar surface area (TPSA) is 92.1 Å². The molecule has 0 fully saturated rings. The van der Waals surface area contributed by atoms with E-state index in [2.05, 4.69) is 15.4 Å². The van der Waals surface area contributed by atoms with Gasteiger partial charge in [0.25, 0.3) is 0 Å². The molecule has 0 bridgehead atoms. The Morgan fingerprint density at radius 3 is 2.82 bits per heavy atom. The second kappa shape index (κ2) is 4.30. The van der Waals surface area contributed by atoms with Crippen LogP contribution in [0, 0.1) is 6.92 Å². The fourth-order valence-corrected chi connectivity index (χ4v) is 2.42. The molecule has 0 aromatic carbocycles. The summed E-state index contributed by atoms with van der Waals surface area (Å²) in [5.74, 6) is 0.647. The highest BCUT2D eigenvalue weighted by molar-refractivity contribution is 7.89. The lowest BCUT2D eigenvalue weighted by Gasteiger charge is -2.13. The molecule has 0 aliphatic rings. The molecule has 0 saturated heterocycles. The molecule has 2 aromatic rings. The van der Waals surface area contributed by atoms with Crippen molar-refractivity contribution in [2.75, 3.05) is 7.05 Å². The normalized spacial score (nSPS) is 12.2. The summed E-state index contributed by atoms with van der Waals surface area (Å²) in [7, 11) is -2.05. The molecule has 0 unspecified atom stereocenters. The van der Waals surface area contributed by atoms with Crippen molar-refractivity contribution in [3.63, 3.8) is 0 Å². The summed E-state index contributed by atoms with van der Waals surface area (Å²) in [6.45, 7) is 1.91. The molecule has 0 radical (unpaired) electrons. The van der Waals surface area contributed by atoms with Gasteiger partial charge in [0, 0.05) is 19.3 Å². The van der Waals surface area contributed by atoms with E-state index in [1.807, 2.05) is 0 Å². The fraction of sp³-hybridized carbons (Fsp3) is 0.333. The van der Waals surface area contributed by atoms with Crippen molar-refractivity contribution in [1.82, 2.24) is 19.7 Å². The van der Waals surface area contributed by atoms with Crippen molar-refractivity contribution in [2.45, 2.75) is 18.4 Å². The van der Waals surface area contributed by atoms with Crippen LogP contribution in [0.15, 0.2) is 27.9 Å². The summed E-state index contributed by atoms with van der Waals surface area (Å²) in [6.07, 6.45) is 2.60. The van der Waals surface area contributed by atoms with Crippen molar-refractivity contribution in [3.05, 3.63) is 29.9 Å². The smallest absolute Gasteiger partial charge is 0.246 e. The van der Waals surface area contributed by atoms with Gasteiger partial charge in [-0.2, -0.15) is 9.40 Å². The van der Waals surface area contributed by atoms with Gasteiger partial charge in [-0.1, -0.05) is 5.16 Å². The summed E-state index contributed by atoms with van der Waals surface area (Å²) in [5.41, 5.74) is 0.567. The zero-order valence-electron chi connectivity index (χ0n) is 9.41. The van der Waals surface area contributed by atoms with Gasteiger partial charge < -0.3 is 4.52 Å². The molecule has 2 heterocycles. The number of H-pyrrole nitrogens is 1. The van der Waals surface area contributed by atoms with E-state index >= 15 is 0 Å². The number of aryl methyl sites for hydroxylation is 1. The molecule has 2 rings (SSSR count). The maximum atomic E-state index is 12.0. The predicted octanol–water partition coefficient (Wildman–Crippen LogP) is 0.527. The van der Waals surface area contributed by atoms with Crippen molar-refractivity contribution in [1.29, 1.82) is 0 Å². The van der Waals surface area contributed by atoms with Crippen molar-refractivity contribution >= 4 is 10.0 Å². The van der Waals surface area contributed by atoms with Crippen LogP contribution in [0.3, 0.4) is 0 Å². The van der Waals surface area contributed by atoms with E-state index in [1.165, 1.54) is 23.7 Å². The first-order valence-corrected chi connectivity index (χ1v) is 6.31. The molecular weight excluding hydrogens is 244 g/mol. The van der Waals surface area contributed by atoms with Crippen LogP contribution in [0.5, 0.6) is 0 Å². The first-order chi connectivity index (χ1) is 8.00. The molecule has 0 atom stereocenters. The molecule has 7 nitrogen and oxygen atoms in total. The molecule has 17 heavy (non-hydrogen) atoms. The van der Waals surface area contributed by atoms with E-state index in [4.69, 9.17) is 4.52 Å². The second-order valence-electron chi connectivity index (χ2n) is 3.62. The molecule has 0 spiro atoms. The standard InChI is InChI=1S/C9H12N4O3S/c1-7-3-8(12-16-7)6-13(2)17(14,15)9-4-10-11-5-9/h3-5H,6H2,1-2H3,(H,10,11). The molecule has 0 aliphatic carbocycles. The molecular formula is C9H12N4O3S. The van der Waals surface area contributed by atoms with Gasteiger partial charge in [-0.25, -0.2) is 8.42 Å². The van der Waals surface area contributed by atoms with E-state index in [0.717, 1.165) is 0 Å². The summed E-state index contributed by atoms with van der Waals surface area (Å²) in [4.78, 5) is 0.125. The predicted molar refractivity (Wildman–Crippen MR) is 58.5 cm³/mol. The highest BCUT2D eigenvalue weighted by Gasteiger charge is 2.22. The Morgan fingerprint density at radius 2 is 2.29 bits per heavy atom. The van der Waals surface area contributed by atoms with Crippen molar-refractivity contribution < 1.29 is 12.9 Å². The van der Waals surface area contributed by atoms with Crippen LogP contribution in [-0.4, -0.2) is 35.1 Å². The van der Waals surface area contributed by atoms with Crippen LogP contribution in [0.1, 0.15) is 11.5 Å². The first kappa shape index (κ1) is 11.8. The van der Waals surface area contributed by atoms with Crippen LogP contribution in [0.4, 0.5) is 0 Å². The number of sulfonamides is 1. The quantitative estimate of drug-likeness (QED) is 0.861. The van der Waals surface area contributed by atoms with E-state index < -0.39 is 10.0 Å². The van der Waals surface area contributed by atoms with Gasteiger partial charge in [0.2, 0.25) is 10.0 Å². The third-order valence-corrected chi connectivity index (χ3v) is 4.01. The number of hydrogen-bond donors (Lipinski definition) is 1. The second-order valence-corrected chi connectivity index (χ2v) is 5.67. The average molecular weight is 256 g/mol. The number of nitrogens with one attached hydrogen (secondary N) is 1. The Hall–Kier alpha value is -1.67. The molecule has 0 aliphatic heterocycles. The number of hydrogen-bond acceptors (Lipinski definition) is 5. The molecule has 0 amide bonds. The van der Waals surface area contributed by atoms with Crippen LogP contribution >= 0.6 is 0 Å². The summed E-state index contributed by atoms with van der Waals surface area (Å²) in [5, 5.41) is 9.83. The van der Waals surface area contributed by atoms with Crippen LogP contribution in [-0.2, 0) is 16.6 Å². The third-order valence-electron chi connectivity index (χ3n) is 2.24. The van der Waals surface area contributed by atoms with Gasteiger partial charge in [-0.15, -0.1) is 0 Å². The average Bonchev–Trinajstić information content (AvgIpc) is 2.89. The largest absolute Gasteiger partial charge is 0.361 e. The van der Waals surface area contributed by atoms with Crippen LogP contribution in [0.2, 0.25) is 0 Å². The lowest BCUT2D eigenvalue weighted by atomic mass is 10.4. The SMILES string of the molecule is Cc1cc(CN(C)S(=O)(=O)c2cn[nH]c2)no1. The monoisotopic (exact) mass is 256 g/mol. The number of rotatable bonds is 4. The minimum Gasteiger partial charge on any atom is -0.361 e. The summed E-state index contributed by atoms with van der Waals surface area (Å²) in [6, 6.07) is 1.70. The minimum absolute atomic E-state index is 0.125. The number of aromatic nitrogens is 3. The highest BCUT2D eigenvalue weighted by atomic mass is 32.2. The number of aromatic amines is 1. The molecule has 8 heteroatoms. The molecule has 1 N–H and O–H groups in total. The summed E-state index contributed by atoms with van der Waals surface area (Å²) >= 11 is 0. The van der Waals surface area contributed by atoms with Crippen molar-refractivity contribution in [3.8, 4) is 0 Å². The Bertz CT molecular complexity index is 588. The highest BCUT2D eigenvalue weighted by Crippen LogP contribution is 2.14. The van der Waals surface area contributed by atoms with Gasteiger partial charge in [0.1, 0.15) is 10.7 Å². The maximum absolute atomic E-state index is 12.0. The van der Waals surface area contributed by atoms with Crippen LogP contribution in [0.25, 0.3) is 0 Å². The van der Waals surface area contributed by atoms with Gasteiger partial charge >= 0.3 is 0 Å². The van der Waals surface area contributed by atoms with E-state index in [1.54, 1.807) is 13.0 Å². The minimum atomic E-state index is -3.53. The first-order valence-electron chi connectivity index (χ1n) is 4.87. The van der Waals surface area contributed by atoms with E-state index in [0.29, 0.717) is 11.5 Å². The lowest BCUT2D eigenvalue weighted by Crippen LogP contribution is -2.26. The molecule has 2 aromatic heterocycles. The Morgan fingerprint density at radius 1 is 1.53 bits per heavy atom. The zero-order chi connectivity index (χ0) is 12.5. The lowest BCUT2D eigenvalue weighted by molar-refractivity contribution is 0.378. The maximum Gasteiger partial charge on any atom is 0.246 e. The van der Waals surface area contributed by atoms with E-state index in [-0.39, 0.29) is 11.4 Å². The van der Waals surface area contributed by atoms with Crippen LogP contribution < -0.4 is 0 Å². The van der Waals surface area contributed by atoms with Gasteiger partial charge in [-0.05, 0) is 6.92 Å². The Labute approximate surface area is 98.5 Å². The zero-order valence-corrected chi connectivity index (χ0v) is 10.2. The number of nitrogens with zero attached hydrogens (tertiary/aromatic N) is 3. The fourth-order valence-electron chi connectivity index (χ4n) is 1.37. The van der Waals surface area contributed by atoms with Gasteiger partial charge in [-0.3, -0.25) is 5.10 Å². The third kappa shape index (κ3) is 2.37. The van der Waals surface area contributed by atoms with Crippen molar-refractivity contribution in [2.24, 2.45) is 0 Å². The van der Waals surface area contributed by atoms with Gasteiger partial charge in [0.05, 0.1) is 18.4 Å².